The zero-order valence-corrected chi connectivity index (χ0v) is 20.4. The maximum atomic E-state index is 13.3. The molecule has 34 heavy (non-hydrogen) atoms. The molecule has 0 aliphatic heterocycles. The molecule has 0 saturated heterocycles. The molecular formula is C27H29ClN5O+. The third kappa shape index (κ3) is 5.14. The van der Waals surface area contributed by atoms with E-state index in [1.807, 2.05) is 59.2 Å². The number of fused-ring (bicyclic) bond motifs is 1. The van der Waals surface area contributed by atoms with Crippen molar-refractivity contribution in [2.24, 2.45) is 5.73 Å². The van der Waals surface area contributed by atoms with Gasteiger partial charge in [-0.3, -0.25) is 14.7 Å². The zero-order chi connectivity index (χ0) is 24.5. The highest BCUT2D eigenvalue weighted by Gasteiger charge is 2.17. The monoisotopic (exact) mass is 474 g/mol. The van der Waals surface area contributed by atoms with Crippen molar-refractivity contribution in [2.75, 3.05) is 21.1 Å². The Hall–Kier alpha value is -3.61. The van der Waals surface area contributed by atoms with Gasteiger partial charge in [-0.2, -0.15) is 0 Å². The molecule has 1 aromatic heterocycles. The maximum Gasteiger partial charge on any atom is 0.268 e. The first-order chi connectivity index (χ1) is 16.1. The van der Waals surface area contributed by atoms with Crippen LogP contribution in [0, 0.1) is 5.41 Å². The van der Waals surface area contributed by atoms with E-state index in [1.54, 1.807) is 6.07 Å². The summed E-state index contributed by atoms with van der Waals surface area (Å²) in [7, 11) is 6.36. The summed E-state index contributed by atoms with van der Waals surface area (Å²) in [6, 6.07) is 23.2. The number of hydrogen-bond acceptors (Lipinski definition) is 2. The number of benzene rings is 3. The predicted octanol–water partition coefficient (Wildman–Crippen LogP) is 4.75. The molecule has 4 rings (SSSR count). The van der Waals surface area contributed by atoms with Crippen molar-refractivity contribution in [3.05, 3.63) is 100 Å². The third-order valence-corrected chi connectivity index (χ3v) is 6.07. The Balaban J connectivity index is 1.61. The standard InChI is InChI=1S/C27H28ClN5O/c1-33(2,3)23-10-7-18(8-11-23)16-31-27(34)25-15-21-14-22(28)9-12-24(21)32(25)17-19-5-4-6-20(13-19)26(29)30/h4-15H,16-17H2,1-3H3,(H3-,29,30,31,34)/p+1. The quantitative estimate of drug-likeness (QED) is 0.205. The number of aromatic nitrogens is 1. The summed E-state index contributed by atoms with van der Waals surface area (Å²) >= 11 is 6.21. The number of amides is 1. The van der Waals surface area contributed by atoms with Crippen LogP contribution in [-0.2, 0) is 13.1 Å². The number of quaternary nitrogens is 1. The summed E-state index contributed by atoms with van der Waals surface area (Å²) < 4.78 is 2.71. The number of nitrogens with two attached hydrogens (primary N) is 1. The summed E-state index contributed by atoms with van der Waals surface area (Å²) in [5, 5.41) is 12.3. The van der Waals surface area contributed by atoms with Gasteiger partial charge in [0, 0.05) is 34.6 Å². The third-order valence-electron chi connectivity index (χ3n) is 5.84. The van der Waals surface area contributed by atoms with Crippen LogP contribution in [0.5, 0.6) is 0 Å². The molecular weight excluding hydrogens is 446 g/mol. The lowest BCUT2D eigenvalue weighted by Gasteiger charge is -2.23. The number of rotatable bonds is 7. The van der Waals surface area contributed by atoms with Gasteiger partial charge in [0.1, 0.15) is 17.2 Å². The molecule has 0 atom stereocenters. The van der Waals surface area contributed by atoms with E-state index < -0.39 is 0 Å². The molecule has 0 unspecified atom stereocenters. The van der Waals surface area contributed by atoms with E-state index in [9.17, 15) is 4.79 Å². The Morgan fingerprint density at radius 2 is 1.74 bits per heavy atom. The lowest BCUT2D eigenvalue weighted by molar-refractivity contribution is 0.0942. The number of nitrogen functional groups attached to an aromatic ring is 1. The molecule has 4 N–H and O–H groups in total. The number of nitrogens with zero attached hydrogens (tertiary/aromatic N) is 2. The summed E-state index contributed by atoms with van der Waals surface area (Å²) in [4.78, 5) is 13.3. The predicted molar refractivity (Wildman–Crippen MR) is 141 cm³/mol. The van der Waals surface area contributed by atoms with Crippen molar-refractivity contribution in [3.8, 4) is 0 Å². The lowest BCUT2D eigenvalue weighted by atomic mass is 10.1. The number of carbonyl (C=O) groups excluding carboxylic acids is 1. The van der Waals surface area contributed by atoms with Crippen LogP contribution >= 0.6 is 11.6 Å². The Morgan fingerprint density at radius 3 is 2.41 bits per heavy atom. The van der Waals surface area contributed by atoms with Gasteiger partial charge in [0.25, 0.3) is 5.91 Å². The fourth-order valence-corrected chi connectivity index (χ4v) is 4.13. The second kappa shape index (κ2) is 9.33. The van der Waals surface area contributed by atoms with Gasteiger partial charge in [0.15, 0.2) is 0 Å². The highest BCUT2D eigenvalue weighted by Crippen LogP contribution is 2.25. The number of nitrogens with one attached hydrogen (secondary N) is 2. The van der Waals surface area contributed by atoms with Gasteiger partial charge in [-0.15, -0.1) is 0 Å². The molecule has 0 radical (unpaired) electrons. The van der Waals surface area contributed by atoms with E-state index in [1.165, 1.54) is 5.69 Å². The fourth-order valence-electron chi connectivity index (χ4n) is 3.95. The van der Waals surface area contributed by atoms with Gasteiger partial charge >= 0.3 is 0 Å². The van der Waals surface area contributed by atoms with E-state index in [0.717, 1.165) is 26.5 Å². The van der Waals surface area contributed by atoms with Gasteiger partial charge < -0.3 is 15.6 Å². The van der Waals surface area contributed by atoms with Gasteiger partial charge in [0.05, 0.1) is 21.1 Å². The first-order valence-corrected chi connectivity index (χ1v) is 11.4. The SMILES string of the molecule is C[N+](C)(C)c1ccc(CNC(=O)c2cc3cc(Cl)ccc3n2Cc2cccc(C(=N)N)c2)cc1. The molecule has 0 aliphatic rings. The van der Waals surface area contributed by atoms with Crippen molar-refractivity contribution in [1.29, 1.82) is 5.41 Å². The Labute approximate surface area is 204 Å². The Bertz CT molecular complexity index is 1370. The lowest BCUT2D eigenvalue weighted by Crippen LogP contribution is -2.34. The van der Waals surface area contributed by atoms with Crippen LogP contribution in [0.2, 0.25) is 5.02 Å². The first-order valence-electron chi connectivity index (χ1n) is 11.0. The zero-order valence-electron chi connectivity index (χ0n) is 19.6. The highest BCUT2D eigenvalue weighted by molar-refractivity contribution is 6.31. The van der Waals surface area contributed by atoms with Crippen molar-refractivity contribution < 1.29 is 4.79 Å². The van der Waals surface area contributed by atoms with Crippen LogP contribution in [0.4, 0.5) is 5.69 Å². The van der Waals surface area contributed by atoms with Gasteiger partial charge in [0.2, 0.25) is 0 Å². The first kappa shape index (κ1) is 23.5. The fraction of sp³-hybridized carbons (Fsp3) is 0.185. The minimum atomic E-state index is -0.161. The number of halogens is 1. The molecule has 0 bridgehead atoms. The second-order valence-electron chi connectivity index (χ2n) is 9.29. The van der Waals surface area contributed by atoms with Crippen molar-refractivity contribution in [2.45, 2.75) is 13.1 Å². The topological polar surface area (TPSA) is 83.9 Å². The van der Waals surface area contributed by atoms with Crippen LogP contribution in [0.3, 0.4) is 0 Å². The largest absolute Gasteiger partial charge is 0.384 e. The number of amidine groups is 1. The van der Waals surface area contributed by atoms with Gasteiger partial charge in [-0.25, -0.2) is 0 Å². The summed E-state index contributed by atoms with van der Waals surface area (Å²) in [6.07, 6.45) is 0. The van der Waals surface area contributed by atoms with Crippen LogP contribution in [-0.4, -0.2) is 37.5 Å². The van der Waals surface area contributed by atoms with Gasteiger partial charge in [-0.05, 0) is 53.6 Å². The Morgan fingerprint density at radius 1 is 1.00 bits per heavy atom. The molecule has 7 heteroatoms. The minimum absolute atomic E-state index is 0.0141. The summed E-state index contributed by atoms with van der Waals surface area (Å²) in [6.45, 7) is 0.894. The van der Waals surface area contributed by atoms with Crippen LogP contribution in [0.15, 0.2) is 72.8 Å². The normalized spacial score (nSPS) is 11.5. The molecule has 3 aromatic carbocycles. The smallest absolute Gasteiger partial charge is 0.268 e. The van der Waals surface area contributed by atoms with E-state index in [2.05, 4.69) is 38.6 Å². The van der Waals surface area contributed by atoms with Crippen molar-refractivity contribution in [3.63, 3.8) is 0 Å². The average molecular weight is 475 g/mol. The van der Waals surface area contributed by atoms with Crippen LogP contribution in [0.25, 0.3) is 10.9 Å². The maximum absolute atomic E-state index is 13.3. The molecule has 6 nitrogen and oxygen atoms in total. The van der Waals surface area contributed by atoms with Crippen molar-refractivity contribution >= 4 is 39.9 Å². The Kier molecular flexibility index (Phi) is 6.46. The van der Waals surface area contributed by atoms with Crippen LogP contribution in [0.1, 0.15) is 27.2 Å². The van der Waals surface area contributed by atoms with E-state index >= 15 is 0 Å². The van der Waals surface area contributed by atoms with E-state index in [0.29, 0.717) is 29.4 Å². The molecule has 0 saturated carbocycles. The van der Waals surface area contributed by atoms with Gasteiger partial charge in [-0.1, -0.05) is 41.9 Å². The van der Waals surface area contributed by atoms with Crippen molar-refractivity contribution in [1.82, 2.24) is 14.4 Å². The van der Waals surface area contributed by atoms with E-state index in [-0.39, 0.29) is 11.7 Å². The molecule has 174 valence electrons. The number of hydrogen-bond donors (Lipinski definition) is 3. The number of carbonyl (C=O) groups is 1. The van der Waals surface area contributed by atoms with Crippen LogP contribution < -0.4 is 15.5 Å². The summed E-state index contributed by atoms with van der Waals surface area (Å²) in [5.41, 5.74) is 11.0. The average Bonchev–Trinajstić information content (AvgIpc) is 3.14. The molecule has 0 aliphatic carbocycles. The molecule has 0 fully saturated rings. The van der Waals surface area contributed by atoms with E-state index in [4.69, 9.17) is 22.7 Å². The highest BCUT2D eigenvalue weighted by atomic mass is 35.5. The molecule has 4 aromatic rings. The minimum Gasteiger partial charge on any atom is -0.384 e. The second-order valence-corrected chi connectivity index (χ2v) is 9.73. The summed E-state index contributed by atoms with van der Waals surface area (Å²) in [5.74, 6) is -0.147. The molecule has 0 spiro atoms. The molecule has 1 amide bonds. The molecule has 1 heterocycles.